The van der Waals surface area contributed by atoms with Gasteiger partial charge in [-0.1, -0.05) is 6.92 Å². The first-order valence-corrected chi connectivity index (χ1v) is 9.29. The van der Waals surface area contributed by atoms with Crippen molar-refractivity contribution >= 4 is 17.7 Å². The Bertz CT molecular complexity index is 698. The molecule has 6 nitrogen and oxygen atoms in total. The van der Waals surface area contributed by atoms with Crippen molar-refractivity contribution in [2.45, 2.75) is 46.1 Å². The number of carbonyl (C=O) groups is 3. The fourth-order valence-electron chi connectivity index (χ4n) is 3.16. The van der Waals surface area contributed by atoms with Crippen molar-refractivity contribution < 1.29 is 28.2 Å². The fraction of sp³-hybridized carbons (Fsp3) is 0.550. The number of esters is 1. The third kappa shape index (κ3) is 5.28. The standard InChI is InChI=1S/C20H26FNO5/c1-4-17(20(25)26-5-2)27-18-12-15(21)6-7-16(18)19(24)14-8-10-22(11-9-14)13(3)23/h6-7,12,14,17H,4-5,8-11H2,1-3H3. The summed E-state index contributed by atoms with van der Waals surface area (Å²) in [5, 5.41) is 0. The number of ketones is 1. The van der Waals surface area contributed by atoms with Gasteiger partial charge in [0.2, 0.25) is 5.91 Å². The van der Waals surface area contributed by atoms with Crippen LogP contribution in [0.4, 0.5) is 4.39 Å². The highest BCUT2D eigenvalue weighted by molar-refractivity contribution is 6.00. The Morgan fingerprint density at radius 3 is 2.44 bits per heavy atom. The molecule has 0 N–H and O–H groups in total. The van der Waals surface area contributed by atoms with Gasteiger partial charge in [-0.3, -0.25) is 9.59 Å². The van der Waals surface area contributed by atoms with Crippen LogP contribution >= 0.6 is 0 Å². The summed E-state index contributed by atoms with van der Waals surface area (Å²) in [5.74, 6) is -1.48. The van der Waals surface area contributed by atoms with Crippen molar-refractivity contribution in [1.29, 1.82) is 0 Å². The molecule has 1 saturated heterocycles. The maximum atomic E-state index is 13.7. The predicted molar refractivity (Wildman–Crippen MR) is 97.0 cm³/mol. The van der Waals surface area contributed by atoms with Gasteiger partial charge in [-0.05, 0) is 38.3 Å². The lowest BCUT2D eigenvalue weighted by atomic mass is 9.88. The van der Waals surface area contributed by atoms with Crippen LogP contribution in [0.25, 0.3) is 0 Å². The number of ether oxygens (including phenoxy) is 2. The number of carbonyl (C=O) groups excluding carboxylic acids is 3. The van der Waals surface area contributed by atoms with E-state index in [4.69, 9.17) is 9.47 Å². The van der Waals surface area contributed by atoms with Gasteiger partial charge in [-0.15, -0.1) is 0 Å². The molecule has 1 aliphatic rings. The minimum atomic E-state index is -0.905. The maximum Gasteiger partial charge on any atom is 0.347 e. The first-order valence-electron chi connectivity index (χ1n) is 9.29. The first kappa shape index (κ1) is 20.9. The summed E-state index contributed by atoms with van der Waals surface area (Å²) in [4.78, 5) is 38.1. The van der Waals surface area contributed by atoms with Crippen LogP contribution in [0.5, 0.6) is 5.75 Å². The number of nitrogens with zero attached hydrogens (tertiary/aromatic N) is 1. The summed E-state index contributed by atoms with van der Waals surface area (Å²) in [6.07, 6.45) is 0.520. The second-order valence-electron chi connectivity index (χ2n) is 6.55. The van der Waals surface area contributed by atoms with Gasteiger partial charge in [-0.2, -0.15) is 0 Å². The molecule has 1 aromatic rings. The average Bonchev–Trinajstić information content (AvgIpc) is 2.66. The molecule has 0 saturated carbocycles. The molecule has 1 aromatic carbocycles. The summed E-state index contributed by atoms with van der Waals surface area (Å²) >= 11 is 0. The largest absolute Gasteiger partial charge is 0.478 e. The highest BCUT2D eigenvalue weighted by Gasteiger charge is 2.30. The number of benzene rings is 1. The first-order chi connectivity index (χ1) is 12.9. The van der Waals surface area contributed by atoms with Gasteiger partial charge >= 0.3 is 5.97 Å². The van der Waals surface area contributed by atoms with E-state index in [0.29, 0.717) is 32.4 Å². The van der Waals surface area contributed by atoms with Crippen molar-refractivity contribution in [2.24, 2.45) is 5.92 Å². The Hall–Kier alpha value is -2.44. The molecule has 1 heterocycles. The molecule has 0 aliphatic carbocycles. The normalized spacial score (nSPS) is 15.9. The Morgan fingerprint density at radius 1 is 1.22 bits per heavy atom. The van der Waals surface area contributed by atoms with E-state index in [2.05, 4.69) is 0 Å². The van der Waals surface area contributed by atoms with Crippen LogP contribution in [0.15, 0.2) is 18.2 Å². The van der Waals surface area contributed by atoms with Gasteiger partial charge in [0, 0.05) is 32.0 Å². The molecule has 148 valence electrons. The molecular weight excluding hydrogens is 353 g/mol. The highest BCUT2D eigenvalue weighted by atomic mass is 19.1. The van der Waals surface area contributed by atoms with Gasteiger partial charge in [0.05, 0.1) is 12.2 Å². The molecule has 0 bridgehead atoms. The number of hydrogen-bond acceptors (Lipinski definition) is 5. The minimum absolute atomic E-state index is 0.00747. The van der Waals surface area contributed by atoms with Gasteiger partial charge in [0.1, 0.15) is 11.6 Å². The highest BCUT2D eigenvalue weighted by Crippen LogP contribution is 2.29. The second kappa shape index (κ2) is 9.48. The van der Waals surface area contributed by atoms with E-state index in [1.54, 1.807) is 18.7 Å². The van der Waals surface area contributed by atoms with Crippen molar-refractivity contribution in [3.63, 3.8) is 0 Å². The average molecular weight is 379 g/mol. The molecule has 1 fully saturated rings. The van der Waals surface area contributed by atoms with Gasteiger partial charge in [0.25, 0.3) is 0 Å². The molecule has 2 rings (SSSR count). The number of likely N-dealkylation sites (tertiary alicyclic amines) is 1. The summed E-state index contributed by atoms with van der Waals surface area (Å²) in [5.41, 5.74) is 0.250. The topological polar surface area (TPSA) is 72.9 Å². The molecule has 1 aliphatic heterocycles. The summed E-state index contributed by atoms with van der Waals surface area (Å²) in [6.45, 7) is 6.19. The number of rotatable bonds is 7. The van der Waals surface area contributed by atoms with Crippen LogP contribution in [0, 0.1) is 11.7 Å². The maximum absolute atomic E-state index is 13.7. The number of amides is 1. The van der Waals surface area contributed by atoms with E-state index in [-0.39, 0.29) is 35.5 Å². The Labute approximate surface area is 158 Å². The van der Waals surface area contributed by atoms with Crippen LogP contribution in [0.3, 0.4) is 0 Å². The van der Waals surface area contributed by atoms with E-state index >= 15 is 0 Å². The Balaban J connectivity index is 2.18. The van der Waals surface area contributed by atoms with Gasteiger partial charge in [0.15, 0.2) is 11.9 Å². The van der Waals surface area contributed by atoms with Crippen LogP contribution in [-0.2, 0) is 14.3 Å². The SMILES string of the molecule is CCOC(=O)C(CC)Oc1cc(F)ccc1C(=O)C1CCN(C(C)=O)CC1. The molecule has 7 heteroatoms. The second-order valence-corrected chi connectivity index (χ2v) is 6.55. The van der Waals surface area contributed by atoms with Crippen LogP contribution in [0.2, 0.25) is 0 Å². The smallest absolute Gasteiger partial charge is 0.347 e. The Morgan fingerprint density at radius 2 is 1.89 bits per heavy atom. The monoisotopic (exact) mass is 379 g/mol. The third-order valence-corrected chi connectivity index (χ3v) is 4.71. The molecule has 1 atom stereocenters. The molecule has 1 amide bonds. The number of halogens is 1. The number of piperidine rings is 1. The quantitative estimate of drug-likeness (QED) is 0.538. The van der Waals surface area contributed by atoms with E-state index in [9.17, 15) is 18.8 Å². The lowest BCUT2D eigenvalue weighted by molar-refractivity contribution is -0.151. The Kier molecular flexibility index (Phi) is 7.33. The molecule has 27 heavy (non-hydrogen) atoms. The molecule has 0 aromatic heterocycles. The fourth-order valence-corrected chi connectivity index (χ4v) is 3.16. The zero-order valence-corrected chi connectivity index (χ0v) is 16.0. The molecule has 1 unspecified atom stereocenters. The summed E-state index contributed by atoms with van der Waals surface area (Å²) in [7, 11) is 0. The molecule has 0 radical (unpaired) electrons. The van der Waals surface area contributed by atoms with Crippen molar-refractivity contribution in [2.75, 3.05) is 19.7 Å². The van der Waals surface area contributed by atoms with Crippen LogP contribution in [0.1, 0.15) is 50.4 Å². The molecule has 0 spiro atoms. The summed E-state index contributed by atoms with van der Waals surface area (Å²) < 4.78 is 24.4. The van der Waals surface area contributed by atoms with E-state index in [1.807, 2.05) is 0 Å². The van der Waals surface area contributed by atoms with Gasteiger partial charge < -0.3 is 14.4 Å². The van der Waals surface area contributed by atoms with Gasteiger partial charge in [-0.25, -0.2) is 9.18 Å². The lowest BCUT2D eigenvalue weighted by Crippen LogP contribution is -2.39. The summed E-state index contributed by atoms with van der Waals surface area (Å²) in [6, 6.07) is 3.72. The zero-order valence-electron chi connectivity index (χ0n) is 16.0. The van der Waals surface area contributed by atoms with Crippen LogP contribution < -0.4 is 4.74 Å². The van der Waals surface area contributed by atoms with E-state index in [1.165, 1.54) is 19.1 Å². The number of Topliss-reactive ketones (excluding diaryl/α,β-unsaturated/α-hetero) is 1. The van der Waals surface area contributed by atoms with Crippen molar-refractivity contribution in [1.82, 2.24) is 4.90 Å². The van der Waals surface area contributed by atoms with Crippen LogP contribution in [-0.4, -0.2) is 48.4 Å². The van der Waals surface area contributed by atoms with Crippen molar-refractivity contribution in [3.05, 3.63) is 29.6 Å². The third-order valence-electron chi connectivity index (χ3n) is 4.71. The predicted octanol–water partition coefficient (Wildman–Crippen LogP) is 2.99. The molecular formula is C20H26FNO5. The minimum Gasteiger partial charge on any atom is -0.478 e. The number of hydrogen-bond donors (Lipinski definition) is 0. The van der Waals surface area contributed by atoms with Crippen molar-refractivity contribution in [3.8, 4) is 5.75 Å². The lowest BCUT2D eigenvalue weighted by Gasteiger charge is -2.30. The van der Waals surface area contributed by atoms with E-state index in [0.717, 1.165) is 6.07 Å². The zero-order chi connectivity index (χ0) is 20.0. The van der Waals surface area contributed by atoms with E-state index < -0.39 is 17.9 Å².